The third-order valence-corrected chi connectivity index (χ3v) is 7.35. The van der Waals surface area contributed by atoms with Gasteiger partial charge in [0.15, 0.2) is 5.11 Å². The maximum Gasteiger partial charge on any atom is 0.338 e. The Hall–Kier alpha value is -3.05. The van der Waals surface area contributed by atoms with Crippen molar-refractivity contribution in [2.24, 2.45) is 0 Å². The average molecular weight is 558 g/mol. The van der Waals surface area contributed by atoms with E-state index in [1.54, 1.807) is 55.5 Å². The highest BCUT2D eigenvalue weighted by Gasteiger charge is 2.44. The van der Waals surface area contributed by atoms with Gasteiger partial charge in [0, 0.05) is 50.0 Å². The van der Waals surface area contributed by atoms with E-state index in [1.165, 1.54) is 4.90 Å². The summed E-state index contributed by atoms with van der Waals surface area (Å²) >= 11 is 11.9. The van der Waals surface area contributed by atoms with Gasteiger partial charge >= 0.3 is 5.97 Å². The van der Waals surface area contributed by atoms with Gasteiger partial charge in [0.1, 0.15) is 6.04 Å². The van der Waals surface area contributed by atoms with E-state index in [2.05, 4.69) is 22.2 Å². The van der Waals surface area contributed by atoms with Crippen molar-refractivity contribution < 1.29 is 19.1 Å². The summed E-state index contributed by atoms with van der Waals surface area (Å²) in [6.07, 6.45) is -0.0710. The minimum absolute atomic E-state index is 0.0710. The number of likely N-dealkylation sites (N-methyl/N-ethyl adjacent to an activating group) is 1. The van der Waals surface area contributed by atoms with Gasteiger partial charge in [-0.25, -0.2) is 4.79 Å². The lowest BCUT2D eigenvalue weighted by Crippen LogP contribution is -2.48. The number of hydrogen-bond donors (Lipinski definition) is 1. The zero-order chi connectivity index (χ0) is 27.2. The van der Waals surface area contributed by atoms with Gasteiger partial charge in [-0.15, -0.1) is 0 Å². The number of piperazine rings is 1. The Morgan fingerprint density at radius 2 is 1.79 bits per heavy atom. The number of nitrogens with one attached hydrogen (secondary N) is 1. The van der Waals surface area contributed by atoms with Gasteiger partial charge in [-0.05, 0) is 68.7 Å². The first-order chi connectivity index (χ1) is 18.3. The fourth-order valence-electron chi connectivity index (χ4n) is 4.55. The number of carbonyl (C=O) groups is 3. The smallest absolute Gasteiger partial charge is 0.338 e. The summed E-state index contributed by atoms with van der Waals surface area (Å²) in [5, 5.41) is 3.69. The van der Waals surface area contributed by atoms with Crippen molar-refractivity contribution >= 4 is 58.1 Å². The number of thiocarbonyl (C=S) groups is 1. The highest BCUT2D eigenvalue weighted by atomic mass is 35.5. The predicted molar refractivity (Wildman–Crippen MR) is 152 cm³/mol. The number of hydrogen-bond acceptors (Lipinski definition) is 7. The molecule has 0 saturated carbocycles. The molecule has 38 heavy (non-hydrogen) atoms. The maximum absolute atomic E-state index is 13.6. The van der Waals surface area contributed by atoms with Crippen molar-refractivity contribution in [2.75, 3.05) is 63.1 Å². The van der Waals surface area contributed by atoms with E-state index in [1.807, 2.05) is 4.90 Å². The zero-order valence-corrected chi connectivity index (χ0v) is 23.1. The highest BCUT2D eigenvalue weighted by molar-refractivity contribution is 7.80. The number of rotatable bonds is 9. The number of halogens is 1. The van der Waals surface area contributed by atoms with Crippen molar-refractivity contribution in [1.82, 2.24) is 14.7 Å². The summed E-state index contributed by atoms with van der Waals surface area (Å²) in [4.78, 5) is 46.5. The van der Waals surface area contributed by atoms with Crippen LogP contribution in [0.25, 0.3) is 0 Å². The maximum atomic E-state index is 13.6. The molecule has 2 heterocycles. The Labute approximate surface area is 233 Å². The number of nitrogens with zero attached hydrogens (tertiary/aromatic N) is 4. The van der Waals surface area contributed by atoms with Gasteiger partial charge in [0.2, 0.25) is 5.91 Å². The molecule has 0 bridgehead atoms. The molecule has 2 fully saturated rings. The first-order valence-corrected chi connectivity index (χ1v) is 13.4. The molecule has 2 aromatic rings. The van der Waals surface area contributed by atoms with Crippen molar-refractivity contribution in [2.45, 2.75) is 19.4 Å². The Morgan fingerprint density at radius 1 is 1.08 bits per heavy atom. The van der Waals surface area contributed by atoms with E-state index in [9.17, 15) is 14.4 Å². The van der Waals surface area contributed by atoms with Crippen molar-refractivity contribution in [1.29, 1.82) is 0 Å². The Morgan fingerprint density at radius 3 is 2.45 bits per heavy atom. The largest absolute Gasteiger partial charge is 0.462 e. The van der Waals surface area contributed by atoms with Crippen LogP contribution in [0.4, 0.5) is 11.4 Å². The van der Waals surface area contributed by atoms with Crippen molar-refractivity contribution in [3.8, 4) is 0 Å². The van der Waals surface area contributed by atoms with Gasteiger partial charge in [0.25, 0.3) is 5.91 Å². The molecule has 1 atom stereocenters. The van der Waals surface area contributed by atoms with E-state index >= 15 is 0 Å². The number of anilines is 2. The third-order valence-electron chi connectivity index (χ3n) is 6.70. The van der Waals surface area contributed by atoms with Crippen molar-refractivity contribution in [3.63, 3.8) is 0 Å². The Balaban J connectivity index is 1.47. The number of esters is 1. The Bertz CT molecular complexity index is 1190. The van der Waals surface area contributed by atoms with Gasteiger partial charge in [-0.1, -0.05) is 17.7 Å². The second-order valence-electron chi connectivity index (χ2n) is 9.34. The molecule has 11 heteroatoms. The fraction of sp³-hybridized carbons (Fsp3) is 0.407. The molecular weight excluding hydrogens is 526 g/mol. The van der Waals surface area contributed by atoms with Crippen LogP contribution in [0.15, 0.2) is 48.5 Å². The lowest BCUT2D eigenvalue weighted by atomic mass is 10.1. The van der Waals surface area contributed by atoms with Crippen LogP contribution in [0.1, 0.15) is 23.7 Å². The molecule has 1 N–H and O–H groups in total. The number of benzene rings is 2. The van der Waals surface area contributed by atoms with E-state index in [0.29, 0.717) is 33.6 Å². The molecular formula is C27H32ClN5O4S. The molecule has 202 valence electrons. The minimum Gasteiger partial charge on any atom is -0.462 e. The summed E-state index contributed by atoms with van der Waals surface area (Å²) in [5.74, 6) is -1.01. The van der Waals surface area contributed by atoms with Gasteiger partial charge in [-0.3, -0.25) is 19.4 Å². The van der Waals surface area contributed by atoms with Crippen LogP contribution in [-0.4, -0.2) is 96.6 Å². The van der Waals surface area contributed by atoms with Crippen LogP contribution in [0, 0.1) is 0 Å². The van der Waals surface area contributed by atoms with Crippen molar-refractivity contribution in [3.05, 3.63) is 59.1 Å². The molecule has 2 saturated heterocycles. The standard InChI is InChI=1S/C27H32ClN5O4S/c1-3-37-26(36)19-7-9-21(10-8-19)29-24(34)18-23-25(35)33(22-6-4-5-20(28)17-22)27(38)32(23)16-15-31-13-11-30(2)12-14-31/h4-10,17,23H,3,11-16,18H2,1-2H3,(H,29,34). The fourth-order valence-corrected chi connectivity index (χ4v) is 5.15. The van der Waals surface area contributed by atoms with Gasteiger partial charge in [0.05, 0.1) is 24.3 Å². The van der Waals surface area contributed by atoms with Crippen LogP contribution >= 0.6 is 23.8 Å². The molecule has 4 rings (SSSR count). The summed E-state index contributed by atoms with van der Waals surface area (Å²) in [5.41, 5.74) is 1.50. The first-order valence-electron chi connectivity index (χ1n) is 12.6. The van der Waals surface area contributed by atoms with E-state index in [0.717, 1.165) is 32.7 Å². The third kappa shape index (κ3) is 6.68. The lowest BCUT2D eigenvalue weighted by molar-refractivity contribution is -0.124. The van der Waals surface area contributed by atoms with Crippen LogP contribution < -0.4 is 10.2 Å². The second kappa shape index (κ2) is 12.7. The SMILES string of the molecule is CCOC(=O)c1ccc(NC(=O)CC2C(=O)N(c3cccc(Cl)c3)C(=S)N2CCN2CCN(C)CC2)cc1. The molecule has 2 aliphatic heterocycles. The molecule has 0 aliphatic carbocycles. The van der Waals surface area contributed by atoms with E-state index in [-0.39, 0.29) is 24.8 Å². The van der Waals surface area contributed by atoms with Crippen LogP contribution in [0.5, 0.6) is 0 Å². The zero-order valence-electron chi connectivity index (χ0n) is 21.6. The monoisotopic (exact) mass is 557 g/mol. The second-order valence-corrected chi connectivity index (χ2v) is 10.1. The van der Waals surface area contributed by atoms with E-state index in [4.69, 9.17) is 28.6 Å². The van der Waals surface area contributed by atoms with Gasteiger partial charge < -0.3 is 19.9 Å². The summed E-state index contributed by atoms with van der Waals surface area (Å²) in [6.45, 7) is 7.13. The molecule has 2 aliphatic rings. The van der Waals surface area contributed by atoms with Gasteiger partial charge in [-0.2, -0.15) is 0 Å². The average Bonchev–Trinajstić information content (AvgIpc) is 3.12. The molecule has 1 unspecified atom stereocenters. The molecule has 0 radical (unpaired) electrons. The number of ether oxygens (including phenoxy) is 1. The lowest BCUT2D eigenvalue weighted by Gasteiger charge is -2.34. The molecule has 9 nitrogen and oxygen atoms in total. The minimum atomic E-state index is -0.743. The summed E-state index contributed by atoms with van der Waals surface area (Å²) < 4.78 is 5.00. The summed E-state index contributed by atoms with van der Waals surface area (Å²) in [7, 11) is 2.10. The number of amides is 2. The molecule has 0 aromatic heterocycles. The predicted octanol–water partition coefficient (Wildman–Crippen LogP) is 3.10. The highest BCUT2D eigenvalue weighted by Crippen LogP contribution is 2.29. The van der Waals surface area contributed by atoms with Crippen LogP contribution in [0.3, 0.4) is 0 Å². The number of carbonyl (C=O) groups excluding carboxylic acids is 3. The molecule has 2 aromatic carbocycles. The van der Waals surface area contributed by atoms with E-state index < -0.39 is 12.0 Å². The first kappa shape index (κ1) is 28.0. The quantitative estimate of drug-likeness (QED) is 0.372. The summed E-state index contributed by atoms with van der Waals surface area (Å²) in [6, 6.07) is 12.7. The molecule has 0 spiro atoms. The Kier molecular flexibility index (Phi) is 9.32. The molecule has 2 amide bonds. The topological polar surface area (TPSA) is 85.4 Å². The normalized spacial score (nSPS) is 18.7. The van der Waals surface area contributed by atoms with Crippen LogP contribution in [0.2, 0.25) is 5.02 Å². The van der Waals surface area contributed by atoms with Crippen LogP contribution in [-0.2, 0) is 14.3 Å².